The summed E-state index contributed by atoms with van der Waals surface area (Å²) >= 11 is 0. The van der Waals surface area contributed by atoms with Crippen molar-refractivity contribution in [2.24, 2.45) is 0 Å². The number of carbonyl (C=O) groups excluding carboxylic acids is 2. The molecule has 0 bridgehead atoms. The van der Waals surface area contributed by atoms with Crippen LogP contribution in [0.3, 0.4) is 0 Å². The molecule has 0 aliphatic carbocycles. The van der Waals surface area contributed by atoms with Gasteiger partial charge in [-0.2, -0.15) is 0 Å². The van der Waals surface area contributed by atoms with Crippen molar-refractivity contribution in [3.05, 3.63) is 84.2 Å². The second-order valence-electron chi connectivity index (χ2n) is 7.02. The maximum Gasteiger partial charge on any atom is 0.224 e. The standard InChI is InChI=1S/C25H26N2O4/c1-2-15-30-22-10-8-20(9-11-22)24(28)12-13-25(29)27-21-6-3-7-23(16-21)31-18-19-5-4-14-26-17-19/h3-11,14,16-17H,2,12-13,15,18H2,1H3,(H,27,29). The van der Waals surface area contributed by atoms with E-state index in [9.17, 15) is 9.59 Å². The summed E-state index contributed by atoms with van der Waals surface area (Å²) in [6, 6.07) is 18.0. The predicted molar refractivity (Wildman–Crippen MR) is 119 cm³/mol. The Kier molecular flexibility index (Phi) is 8.17. The van der Waals surface area contributed by atoms with Crippen LogP contribution in [0.15, 0.2) is 73.1 Å². The average Bonchev–Trinajstić information content (AvgIpc) is 2.81. The number of carbonyl (C=O) groups is 2. The summed E-state index contributed by atoms with van der Waals surface area (Å²) in [6.45, 7) is 3.07. The van der Waals surface area contributed by atoms with E-state index in [1.165, 1.54) is 0 Å². The number of rotatable bonds is 11. The number of ether oxygens (including phenoxy) is 2. The van der Waals surface area contributed by atoms with Crippen LogP contribution in [0.5, 0.6) is 11.5 Å². The van der Waals surface area contributed by atoms with Gasteiger partial charge < -0.3 is 14.8 Å². The Morgan fingerprint density at radius 2 is 1.77 bits per heavy atom. The molecule has 1 heterocycles. The lowest BCUT2D eigenvalue weighted by atomic mass is 10.1. The summed E-state index contributed by atoms with van der Waals surface area (Å²) < 4.78 is 11.3. The van der Waals surface area contributed by atoms with Crippen molar-refractivity contribution in [2.75, 3.05) is 11.9 Å². The highest BCUT2D eigenvalue weighted by Crippen LogP contribution is 2.19. The smallest absolute Gasteiger partial charge is 0.224 e. The first kappa shape index (κ1) is 22.0. The van der Waals surface area contributed by atoms with Gasteiger partial charge in [0.25, 0.3) is 0 Å². The number of nitrogens with zero attached hydrogens (tertiary/aromatic N) is 1. The molecule has 0 spiro atoms. The Bertz CT molecular complexity index is 988. The van der Waals surface area contributed by atoms with Gasteiger partial charge in [-0.1, -0.05) is 19.1 Å². The van der Waals surface area contributed by atoms with Crippen LogP contribution in [0.4, 0.5) is 5.69 Å². The minimum atomic E-state index is -0.222. The fourth-order valence-electron chi connectivity index (χ4n) is 2.87. The molecule has 6 nitrogen and oxygen atoms in total. The lowest BCUT2D eigenvalue weighted by Gasteiger charge is -2.09. The molecule has 1 amide bonds. The summed E-state index contributed by atoms with van der Waals surface area (Å²) in [4.78, 5) is 28.7. The van der Waals surface area contributed by atoms with Crippen molar-refractivity contribution in [2.45, 2.75) is 32.8 Å². The molecule has 0 unspecified atom stereocenters. The number of hydrogen-bond donors (Lipinski definition) is 1. The fourth-order valence-corrected chi connectivity index (χ4v) is 2.87. The maximum absolute atomic E-state index is 12.4. The SMILES string of the molecule is CCCOc1ccc(C(=O)CCC(=O)Nc2cccc(OCc3cccnc3)c2)cc1. The second kappa shape index (κ2) is 11.5. The Balaban J connectivity index is 1.46. The highest BCUT2D eigenvalue weighted by Gasteiger charge is 2.10. The molecule has 0 fully saturated rings. The van der Waals surface area contributed by atoms with Gasteiger partial charge in [-0.05, 0) is 48.9 Å². The van der Waals surface area contributed by atoms with Gasteiger partial charge in [-0.3, -0.25) is 14.6 Å². The van der Waals surface area contributed by atoms with Gasteiger partial charge >= 0.3 is 0 Å². The number of hydrogen-bond acceptors (Lipinski definition) is 5. The third kappa shape index (κ3) is 7.26. The Morgan fingerprint density at radius 3 is 2.52 bits per heavy atom. The summed E-state index contributed by atoms with van der Waals surface area (Å²) in [5.41, 5.74) is 2.15. The van der Waals surface area contributed by atoms with E-state index in [4.69, 9.17) is 9.47 Å². The number of ketones is 1. The number of anilines is 1. The molecule has 0 radical (unpaired) electrons. The second-order valence-corrected chi connectivity index (χ2v) is 7.02. The molecule has 3 rings (SSSR count). The molecular formula is C25H26N2O4. The normalized spacial score (nSPS) is 10.4. The molecule has 0 atom stereocenters. The topological polar surface area (TPSA) is 77.5 Å². The number of benzene rings is 2. The van der Waals surface area contributed by atoms with Gasteiger partial charge in [-0.25, -0.2) is 0 Å². The summed E-state index contributed by atoms with van der Waals surface area (Å²) in [5.74, 6) is 1.08. The number of nitrogens with one attached hydrogen (secondary N) is 1. The molecule has 31 heavy (non-hydrogen) atoms. The zero-order valence-electron chi connectivity index (χ0n) is 17.5. The molecule has 3 aromatic rings. The molecular weight excluding hydrogens is 392 g/mol. The summed E-state index contributed by atoms with van der Waals surface area (Å²) in [6.07, 6.45) is 4.62. The van der Waals surface area contributed by atoms with Crippen molar-refractivity contribution in [3.8, 4) is 11.5 Å². The minimum absolute atomic E-state index is 0.0780. The predicted octanol–water partition coefficient (Wildman–Crippen LogP) is 5.05. The Labute approximate surface area is 182 Å². The maximum atomic E-state index is 12.4. The molecule has 0 aliphatic rings. The average molecular weight is 418 g/mol. The first-order valence-corrected chi connectivity index (χ1v) is 10.3. The van der Waals surface area contributed by atoms with Crippen molar-refractivity contribution < 1.29 is 19.1 Å². The van der Waals surface area contributed by atoms with E-state index in [-0.39, 0.29) is 24.5 Å². The van der Waals surface area contributed by atoms with Gasteiger partial charge in [-0.15, -0.1) is 0 Å². The fraction of sp³-hybridized carbons (Fsp3) is 0.240. The van der Waals surface area contributed by atoms with Crippen LogP contribution in [-0.4, -0.2) is 23.3 Å². The van der Waals surface area contributed by atoms with Crippen LogP contribution in [0.1, 0.15) is 42.1 Å². The lowest BCUT2D eigenvalue weighted by molar-refractivity contribution is -0.116. The molecule has 2 aromatic carbocycles. The van der Waals surface area contributed by atoms with Crippen LogP contribution in [0.2, 0.25) is 0 Å². The monoisotopic (exact) mass is 418 g/mol. The molecule has 6 heteroatoms. The zero-order valence-corrected chi connectivity index (χ0v) is 17.5. The summed E-state index contributed by atoms with van der Waals surface area (Å²) in [5, 5.41) is 2.82. The van der Waals surface area contributed by atoms with Crippen LogP contribution in [-0.2, 0) is 11.4 Å². The molecule has 0 saturated heterocycles. The van der Waals surface area contributed by atoms with Crippen LogP contribution < -0.4 is 14.8 Å². The van der Waals surface area contributed by atoms with Gasteiger partial charge in [0, 0.05) is 48.1 Å². The van der Waals surface area contributed by atoms with Gasteiger partial charge in [0.2, 0.25) is 5.91 Å². The van der Waals surface area contributed by atoms with E-state index in [0.29, 0.717) is 30.2 Å². The lowest BCUT2D eigenvalue weighted by Crippen LogP contribution is -2.13. The van der Waals surface area contributed by atoms with Gasteiger partial charge in [0.05, 0.1) is 6.61 Å². The molecule has 1 N–H and O–H groups in total. The van der Waals surface area contributed by atoms with Crippen LogP contribution in [0.25, 0.3) is 0 Å². The quantitative estimate of drug-likeness (QED) is 0.441. The van der Waals surface area contributed by atoms with Crippen LogP contribution in [0, 0.1) is 0 Å². The highest BCUT2D eigenvalue weighted by atomic mass is 16.5. The van der Waals surface area contributed by atoms with Crippen molar-refractivity contribution in [1.29, 1.82) is 0 Å². The van der Waals surface area contributed by atoms with E-state index in [2.05, 4.69) is 10.3 Å². The van der Waals surface area contributed by atoms with E-state index < -0.39 is 0 Å². The molecule has 1 aromatic heterocycles. The van der Waals surface area contributed by atoms with E-state index in [0.717, 1.165) is 17.7 Å². The molecule has 160 valence electrons. The van der Waals surface area contributed by atoms with Crippen molar-refractivity contribution in [1.82, 2.24) is 4.98 Å². The van der Waals surface area contributed by atoms with Gasteiger partial charge in [0.1, 0.15) is 18.1 Å². The first-order valence-electron chi connectivity index (χ1n) is 10.3. The van der Waals surface area contributed by atoms with E-state index in [1.54, 1.807) is 48.8 Å². The van der Waals surface area contributed by atoms with Crippen LogP contribution >= 0.6 is 0 Å². The third-order valence-electron chi connectivity index (χ3n) is 4.47. The van der Waals surface area contributed by atoms with Gasteiger partial charge in [0.15, 0.2) is 5.78 Å². The number of Topliss-reactive ketones (excluding diaryl/α,β-unsaturated/α-hetero) is 1. The largest absolute Gasteiger partial charge is 0.494 e. The highest BCUT2D eigenvalue weighted by molar-refractivity contribution is 6.00. The van der Waals surface area contributed by atoms with Crippen molar-refractivity contribution in [3.63, 3.8) is 0 Å². The number of aromatic nitrogens is 1. The van der Waals surface area contributed by atoms with E-state index in [1.807, 2.05) is 31.2 Å². The minimum Gasteiger partial charge on any atom is -0.494 e. The number of pyridine rings is 1. The third-order valence-corrected chi connectivity index (χ3v) is 4.47. The Morgan fingerprint density at radius 1 is 0.935 bits per heavy atom. The zero-order chi connectivity index (χ0) is 21.9. The molecule has 0 saturated carbocycles. The summed E-state index contributed by atoms with van der Waals surface area (Å²) in [7, 11) is 0. The first-order chi connectivity index (χ1) is 15.1. The van der Waals surface area contributed by atoms with E-state index >= 15 is 0 Å². The van der Waals surface area contributed by atoms with Crippen molar-refractivity contribution >= 4 is 17.4 Å². The molecule has 0 aliphatic heterocycles. The Hall–Kier alpha value is -3.67. The number of amides is 1.